The van der Waals surface area contributed by atoms with Crippen molar-refractivity contribution in [3.8, 4) is 0 Å². The number of imidazole rings is 1. The Morgan fingerprint density at radius 2 is 2.41 bits per heavy atom. The predicted molar refractivity (Wildman–Crippen MR) is 80.0 cm³/mol. The highest BCUT2D eigenvalue weighted by molar-refractivity contribution is 5.28. The van der Waals surface area contributed by atoms with Crippen LogP contribution in [0.4, 0.5) is 0 Å². The van der Waals surface area contributed by atoms with E-state index in [0.29, 0.717) is 0 Å². The predicted octanol–water partition coefficient (Wildman–Crippen LogP) is 2.25. The molecule has 0 radical (unpaired) electrons. The molecular weight excluding hydrogens is 278 g/mol. The van der Waals surface area contributed by atoms with Gasteiger partial charge in [0.1, 0.15) is 6.04 Å². The summed E-state index contributed by atoms with van der Waals surface area (Å²) in [7, 11) is 0. The van der Waals surface area contributed by atoms with Crippen LogP contribution in [0.2, 0.25) is 0 Å². The first-order valence-corrected chi connectivity index (χ1v) is 7.39. The molecule has 0 fully saturated rings. The molecule has 3 aromatic heterocycles. The smallest absolute Gasteiger partial charge is 0.160 e. The summed E-state index contributed by atoms with van der Waals surface area (Å²) in [5, 5.41) is 4.04. The van der Waals surface area contributed by atoms with Gasteiger partial charge in [-0.1, -0.05) is 11.2 Å². The van der Waals surface area contributed by atoms with Crippen molar-refractivity contribution in [2.24, 2.45) is 0 Å². The molecule has 0 amide bonds. The SMILES string of the molecule is Cc1cc([C@@H]2c3nc[nH]c3CCN2Cc2cccnc2)on1. The Morgan fingerprint density at radius 3 is 3.18 bits per heavy atom. The highest BCUT2D eigenvalue weighted by Gasteiger charge is 2.33. The third-order valence-electron chi connectivity index (χ3n) is 4.05. The summed E-state index contributed by atoms with van der Waals surface area (Å²) < 4.78 is 5.54. The van der Waals surface area contributed by atoms with E-state index in [2.05, 4.69) is 31.1 Å². The van der Waals surface area contributed by atoms with Crippen LogP contribution in [-0.4, -0.2) is 31.6 Å². The van der Waals surface area contributed by atoms with E-state index in [1.54, 1.807) is 12.5 Å². The van der Waals surface area contributed by atoms with Crippen LogP contribution in [-0.2, 0) is 13.0 Å². The summed E-state index contributed by atoms with van der Waals surface area (Å²) in [5.41, 5.74) is 4.29. The van der Waals surface area contributed by atoms with E-state index in [-0.39, 0.29) is 6.04 Å². The Labute approximate surface area is 128 Å². The van der Waals surface area contributed by atoms with Gasteiger partial charge in [-0.15, -0.1) is 0 Å². The van der Waals surface area contributed by atoms with Crippen LogP contribution in [0.25, 0.3) is 0 Å². The summed E-state index contributed by atoms with van der Waals surface area (Å²) >= 11 is 0. The minimum absolute atomic E-state index is 0.00333. The fourth-order valence-electron chi connectivity index (χ4n) is 3.05. The zero-order valence-electron chi connectivity index (χ0n) is 12.4. The summed E-state index contributed by atoms with van der Waals surface area (Å²) in [5.74, 6) is 0.842. The van der Waals surface area contributed by atoms with Crippen LogP contribution in [0, 0.1) is 6.92 Å². The fraction of sp³-hybridized carbons (Fsp3) is 0.312. The van der Waals surface area contributed by atoms with Crippen LogP contribution in [0.3, 0.4) is 0 Å². The molecule has 112 valence electrons. The maximum Gasteiger partial charge on any atom is 0.160 e. The standard InChI is InChI=1S/C16H17N5O/c1-11-7-14(22-20-11)16-15-13(18-10-19-15)4-6-21(16)9-12-3-2-5-17-8-12/h2-3,5,7-8,10,16H,4,6,9H2,1H3,(H,18,19)/t16-/m1/s1. The van der Waals surface area contributed by atoms with Gasteiger partial charge < -0.3 is 9.51 Å². The van der Waals surface area contributed by atoms with Crippen molar-refractivity contribution in [2.45, 2.75) is 25.9 Å². The maximum atomic E-state index is 5.54. The number of aromatic nitrogens is 4. The normalized spacial score (nSPS) is 18.3. The number of rotatable bonds is 3. The van der Waals surface area contributed by atoms with Gasteiger partial charge in [-0.05, 0) is 18.6 Å². The lowest BCUT2D eigenvalue weighted by molar-refractivity contribution is 0.170. The molecule has 0 spiro atoms. The molecule has 0 aliphatic carbocycles. The average Bonchev–Trinajstić information content (AvgIpc) is 3.17. The van der Waals surface area contributed by atoms with Gasteiger partial charge in [0.25, 0.3) is 0 Å². The van der Waals surface area contributed by atoms with Crippen molar-refractivity contribution < 1.29 is 4.52 Å². The Kier molecular flexibility index (Phi) is 3.23. The number of pyridine rings is 1. The molecule has 22 heavy (non-hydrogen) atoms. The number of aromatic amines is 1. The lowest BCUT2D eigenvalue weighted by atomic mass is 9.99. The maximum absolute atomic E-state index is 5.54. The molecule has 1 aliphatic heterocycles. The first-order valence-electron chi connectivity index (χ1n) is 7.39. The van der Waals surface area contributed by atoms with Crippen molar-refractivity contribution >= 4 is 0 Å². The fourth-order valence-corrected chi connectivity index (χ4v) is 3.05. The molecule has 6 heteroatoms. The summed E-state index contributed by atoms with van der Waals surface area (Å²) in [6.07, 6.45) is 6.42. The lowest BCUT2D eigenvalue weighted by Gasteiger charge is -2.33. The zero-order chi connectivity index (χ0) is 14.9. The van der Waals surface area contributed by atoms with Gasteiger partial charge in [0, 0.05) is 43.7 Å². The topological polar surface area (TPSA) is 70.8 Å². The van der Waals surface area contributed by atoms with E-state index in [1.807, 2.05) is 25.3 Å². The van der Waals surface area contributed by atoms with Gasteiger partial charge in [0.05, 0.1) is 17.7 Å². The van der Waals surface area contributed by atoms with Crippen LogP contribution in [0.15, 0.2) is 41.4 Å². The molecule has 3 aromatic rings. The number of H-pyrrole nitrogens is 1. The molecule has 0 bridgehead atoms. The molecule has 1 aliphatic rings. The first-order chi connectivity index (χ1) is 10.8. The highest BCUT2D eigenvalue weighted by atomic mass is 16.5. The molecule has 0 unspecified atom stereocenters. The van der Waals surface area contributed by atoms with Crippen molar-refractivity contribution in [3.63, 3.8) is 0 Å². The van der Waals surface area contributed by atoms with Crippen LogP contribution < -0.4 is 0 Å². The Bertz CT molecular complexity index is 764. The quantitative estimate of drug-likeness (QED) is 0.802. The van der Waals surface area contributed by atoms with Crippen molar-refractivity contribution in [1.29, 1.82) is 0 Å². The van der Waals surface area contributed by atoms with E-state index >= 15 is 0 Å². The van der Waals surface area contributed by atoms with Gasteiger partial charge in [-0.2, -0.15) is 0 Å². The minimum atomic E-state index is -0.00333. The first kappa shape index (κ1) is 13.2. The summed E-state index contributed by atoms with van der Waals surface area (Å²) in [6.45, 7) is 3.69. The number of hydrogen-bond donors (Lipinski definition) is 1. The van der Waals surface area contributed by atoms with Crippen LogP contribution in [0.1, 0.15) is 34.4 Å². The number of aryl methyl sites for hydroxylation is 1. The number of nitrogens with one attached hydrogen (secondary N) is 1. The van der Waals surface area contributed by atoms with E-state index < -0.39 is 0 Å². The summed E-state index contributed by atoms with van der Waals surface area (Å²) in [6, 6.07) is 6.05. The van der Waals surface area contributed by atoms with Gasteiger partial charge in [-0.25, -0.2) is 4.98 Å². The summed E-state index contributed by atoms with van der Waals surface area (Å²) in [4.78, 5) is 14.3. The van der Waals surface area contributed by atoms with Crippen molar-refractivity contribution in [2.75, 3.05) is 6.54 Å². The molecule has 0 saturated carbocycles. The van der Waals surface area contributed by atoms with Gasteiger partial charge in [0.2, 0.25) is 0 Å². The third kappa shape index (κ3) is 2.31. The molecule has 4 rings (SSSR count). The van der Waals surface area contributed by atoms with Gasteiger partial charge >= 0.3 is 0 Å². The second-order valence-corrected chi connectivity index (χ2v) is 5.62. The average molecular weight is 295 g/mol. The van der Waals surface area contributed by atoms with E-state index in [9.17, 15) is 0 Å². The largest absolute Gasteiger partial charge is 0.359 e. The highest BCUT2D eigenvalue weighted by Crippen LogP contribution is 2.34. The zero-order valence-corrected chi connectivity index (χ0v) is 12.4. The van der Waals surface area contributed by atoms with E-state index in [0.717, 1.165) is 36.7 Å². The second kappa shape index (κ2) is 5.38. The molecule has 0 aromatic carbocycles. The van der Waals surface area contributed by atoms with Crippen LogP contribution in [0.5, 0.6) is 0 Å². The van der Waals surface area contributed by atoms with Crippen LogP contribution >= 0.6 is 0 Å². The Balaban J connectivity index is 1.71. The molecule has 1 atom stereocenters. The van der Waals surface area contributed by atoms with E-state index in [4.69, 9.17) is 4.52 Å². The number of hydrogen-bond acceptors (Lipinski definition) is 5. The van der Waals surface area contributed by atoms with Crippen molar-refractivity contribution in [1.82, 2.24) is 25.0 Å². The lowest BCUT2D eigenvalue weighted by Crippen LogP contribution is -2.35. The molecule has 0 saturated heterocycles. The molecular formula is C16H17N5O. The molecule has 4 heterocycles. The number of nitrogens with zero attached hydrogens (tertiary/aromatic N) is 4. The van der Waals surface area contributed by atoms with Gasteiger partial charge in [0.15, 0.2) is 5.76 Å². The molecule has 6 nitrogen and oxygen atoms in total. The monoisotopic (exact) mass is 295 g/mol. The Hall–Kier alpha value is -2.47. The molecule has 1 N–H and O–H groups in total. The van der Waals surface area contributed by atoms with E-state index in [1.165, 1.54) is 11.3 Å². The van der Waals surface area contributed by atoms with Crippen molar-refractivity contribution in [3.05, 3.63) is 65.3 Å². The van der Waals surface area contributed by atoms with Gasteiger partial charge in [-0.3, -0.25) is 9.88 Å². The minimum Gasteiger partial charge on any atom is -0.359 e. The third-order valence-corrected chi connectivity index (χ3v) is 4.05. The second-order valence-electron chi connectivity index (χ2n) is 5.62. The number of fused-ring (bicyclic) bond motifs is 1. The Morgan fingerprint density at radius 1 is 1.45 bits per heavy atom.